The van der Waals surface area contributed by atoms with Crippen LogP contribution in [0.25, 0.3) is 6.08 Å². The summed E-state index contributed by atoms with van der Waals surface area (Å²) in [6.07, 6.45) is -3.04. The molecule has 138 valence electrons. The number of hydrogen-bond acceptors (Lipinski definition) is 4. The first-order valence-electron chi connectivity index (χ1n) is 8.05. The minimum absolute atomic E-state index is 0.0293. The van der Waals surface area contributed by atoms with E-state index in [0.29, 0.717) is 12.0 Å². The Bertz CT molecular complexity index is 656. The Hall–Kier alpha value is -1.51. The van der Waals surface area contributed by atoms with Crippen molar-refractivity contribution in [2.45, 2.75) is 45.1 Å². The molecule has 0 aliphatic carbocycles. The Morgan fingerprint density at radius 2 is 1.76 bits per heavy atom. The number of benzene rings is 1. The van der Waals surface area contributed by atoms with E-state index in [1.54, 1.807) is 7.05 Å². The maximum absolute atomic E-state index is 13.3. The number of nitrogen functional groups attached to an aromatic ring is 1. The molecule has 25 heavy (non-hydrogen) atoms. The Kier molecular flexibility index (Phi) is 5.28. The van der Waals surface area contributed by atoms with Crippen LogP contribution in [0.15, 0.2) is 23.7 Å². The van der Waals surface area contributed by atoms with Crippen LogP contribution in [0.3, 0.4) is 0 Å². The van der Waals surface area contributed by atoms with Crippen LogP contribution in [0.5, 0.6) is 0 Å². The van der Waals surface area contributed by atoms with Gasteiger partial charge in [0.15, 0.2) is 0 Å². The van der Waals surface area contributed by atoms with Gasteiger partial charge in [-0.05, 0) is 57.9 Å². The number of hydrogen-bond donors (Lipinski definition) is 2. The lowest BCUT2D eigenvalue weighted by molar-refractivity contribution is -0.137. The van der Waals surface area contributed by atoms with E-state index in [0.717, 1.165) is 6.07 Å². The molecule has 1 heterocycles. The fourth-order valence-electron chi connectivity index (χ4n) is 2.55. The van der Waals surface area contributed by atoms with Crippen LogP contribution >= 0.6 is 0 Å². The molecule has 0 bridgehead atoms. The predicted octanol–water partition coefficient (Wildman–Crippen LogP) is 3.52. The molecule has 0 aromatic heterocycles. The van der Waals surface area contributed by atoms with Crippen molar-refractivity contribution in [3.8, 4) is 0 Å². The van der Waals surface area contributed by atoms with Crippen molar-refractivity contribution >= 4 is 18.9 Å². The molecule has 3 N–H and O–H groups in total. The van der Waals surface area contributed by atoms with Crippen LogP contribution < -0.4 is 11.1 Å². The molecule has 1 saturated heterocycles. The van der Waals surface area contributed by atoms with Crippen LogP contribution in [0.4, 0.5) is 18.9 Å². The normalized spacial score (nSPS) is 20.2. The summed E-state index contributed by atoms with van der Waals surface area (Å²) >= 11 is 0. The molecule has 1 aliphatic heterocycles. The first kappa shape index (κ1) is 19.8. The second-order valence-corrected chi connectivity index (χ2v) is 7.18. The number of likely N-dealkylation sites (N-methyl/N-ethyl adjacent to an activating group) is 1. The number of alkyl halides is 3. The average molecular weight is 356 g/mol. The Morgan fingerprint density at radius 3 is 2.24 bits per heavy atom. The van der Waals surface area contributed by atoms with Crippen LogP contribution in [-0.2, 0) is 15.5 Å². The van der Waals surface area contributed by atoms with Gasteiger partial charge < -0.3 is 20.4 Å². The fraction of sp³-hybridized carbons (Fsp3) is 0.529. The maximum atomic E-state index is 13.3. The van der Waals surface area contributed by atoms with Crippen molar-refractivity contribution in [1.29, 1.82) is 0 Å². The van der Waals surface area contributed by atoms with Gasteiger partial charge in [-0.1, -0.05) is 12.1 Å². The highest BCUT2D eigenvalue weighted by molar-refractivity contribution is 6.56. The SMILES string of the molecule is CNCC(=Cc1ccc(N)cc1C(F)(F)F)B1OC(C)(C)C(C)(C)O1. The zero-order chi connectivity index (χ0) is 19.0. The molecule has 1 aliphatic rings. The van der Waals surface area contributed by atoms with E-state index in [-0.39, 0.29) is 11.3 Å². The van der Waals surface area contributed by atoms with Gasteiger partial charge in [0.05, 0.1) is 16.8 Å². The zero-order valence-electron chi connectivity index (χ0n) is 15.1. The van der Waals surface area contributed by atoms with Gasteiger partial charge in [-0.25, -0.2) is 0 Å². The molecule has 0 radical (unpaired) electrons. The molecule has 2 rings (SSSR count). The van der Waals surface area contributed by atoms with Crippen LogP contribution in [0, 0.1) is 0 Å². The molecule has 0 spiro atoms. The number of nitrogens with two attached hydrogens (primary N) is 1. The molecular weight excluding hydrogens is 332 g/mol. The summed E-state index contributed by atoms with van der Waals surface area (Å²) in [6, 6.07) is 3.74. The molecule has 4 nitrogen and oxygen atoms in total. The summed E-state index contributed by atoms with van der Waals surface area (Å²) in [4.78, 5) is 0. The molecule has 0 amide bonds. The molecule has 0 atom stereocenters. The number of halogens is 3. The van der Waals surface area contributed by atoms with Gasteiger partial charge >= 0.3 is 13.3 Å². The highest BCUT2D eigenvalue weighted by Gasteiger charge is 2.52. The summed E-state index contributed by atoms with van der Waals surface area (Å²) < 4.78 is 51.9. The van der Waals surface area contributed by atoms with E-state index >= 15 is 0 Å². The van der Waals surface area contributed by atoms with Gasteiger partial charge in [0, 0.05) is 12.2 Å². The van der Waals surface area contributed by atoms with Gasteiger partial charge in [0.1, 0.15) is 0 Å². The lowest BCUT2D eigenvalue weighted by Gasteiger charge is -2.32. The lowest BCUT2D eigenvalue weighted by Crippen LogP contribution is -2.41. The lowest BCUT2D eigenvalue weighted by atomic mass is 9.76. The van der Waals surface area contributed by atoms with Crippen molar-refractivity contribution in [3.05, 3.63) is 34.8 Å². The average Bonchev–Trinajstić information content (AvgIpc) is 2.67. The topological polar surface area (TPSA) is 56.5 Å². The number of nitrogens with one attached hydrogen (secondary N) is 1. The highest BCUT2D eigenvalue weighted by Crippen LogP contribution is 2.39. The highest BCUT2D eigenvalue weighted by atomic mass is 19.4. The summed E-state index contributed by atoms with van der Waals surface area (Å²) in [5, 5.41) is 2.95. The zero-order valence-corrected chi connectivity index (χ0v) is 15.1. The van der Waals surface area contributed by atoms with Gasteiger partial charge in [-0.3, -0.25) is 0 Å². The monoisotopic (exact) mass is 356 g/mol. The van der Waals surface area contributed by atoms with Gasteiger partial charge in [-0.15, -0.1) is 0 Å². The van der Waals surface area contributed by atoms with E-state index in [1.165, 1.54) is 18.2 Å². The molecule has 1 aromatic rings. The Balaban J connectivity index is 2.46. The third-order valence-corrected chi connectivity index (χ3v) is 4.66. The Morgan fingerprint density at radius 1 is 1.20 bits per heavy atom. The molecule has 0 unspecified atom stereocenters. The molecule has 0 saturated carbocycles. The van der Waals surface area contributed by atoms with Crippen molar-refractivity contribution in [3.63, 3.8) is 0 Å². The number of anilines is 1. The quantitative estimate of drug-likeness (QED) is 0.640. The van der Waals surface area contributed by atoms with Crippen LogP contribution in [-0.4, -0.2) is 31.9 Å². The minimum atomic E-state index is -4.50. The van der Waals surface area contributed by atoms with Crippen molar-refractivity contribution < 1.29 is 22.5 Å². The molecule has 1 fully saturated rings. The van der Waals surface area contributed by atoms with Crippen LogP contribution in [0.2, 0.25) is 0 Å². The van der Waals surface area contributed by atoms with Gasteiger partial charge in [-0.2, -0.15) is 13.2 Å². The van der Waals surface area contributed by atoms with E-state index in [2.05, 4.69) is 5.32 Å². The molecule has 8 heteroatoms. The summed E-state index contributed by atoms with van der Waals surface area (Å²) in [5.74, 6) is 0. The summed E-state index contributed by atoms with van der Waals surface area (Å²) in [7, 11) is 0.989. The largest absolute Gasteiger partial charge is 0.491 e. The molecular formula is C17H24BF3N2O2. The second kappa shape index (κ2) is 6.66. The van der Waals surface area contributed by atoms with Crippen molar-refractivity contribution in [1.82, 2.24) is 5.32 Å². The smallest absolute Gasteiger partial charge is 0.400 e. The van der Waals surface area contributed by atoms with Crippen molar-refractivity contribution in [2.24, 2.45) is 0 Å². The minimum Gasteiger partial charge on any atom is -0.400 e. The third-order valence-electron chi connectivity index (χ3n) is 4.66. The van der Waals surface area contributed by atoms with Gasteiger partial charge in [0.2, 0.25) is 0 Å². The van der Waals surface area contributed by atoms with E-state index in [9.17, 15) is 13.2 Å². The maximum Gasteiger partial charge on any atom is 0.491 e. The van der Waals surface area contributed by atoms with Crippen molar-refractivity contribution in [2.75, 3.05) is 19.3 Å². The number of rotatable bonds is 4. The van der Waals surface area contributed by atoms with Crippen LogP contribution in [0.1, 0.15) is 38.8 Å². The first-order chi connectivity index (χ1) is 11.4. The summed E-state index contributed by atoms with van der Waals surface area (Å²) in [5.41, 5.74) is 4.28. The van der Waals surface area contributed by atoms with E-state index < -0.39 is 30.1 Å². The second-order valence-electron chi connectivity index (χ2n) is 7.18. The standard InChI is InChI=1S/C17H24BF3N2O2/c1-15(2)16(3,4)25-18(24-15)12(10-23-5)8-11-6-7-13(22)9-14(11)17(19,20)21/h6-9,23H,10,22H2,1-5H3. The fourth-order valence-corrected chi connectivity index (χ4v) is 2.55. The summed E-state index contributed by atoms with van der Waals surface area (Å²) in [6.45, 7) is 7.92. The first-order valence-corrected chi connectivity index (χ1v) is 8.05. The van der Waals surface area contributed by atoms with E-state index in [1.807, 2.05) is 27.7 Å². The third kappa shape index (κ3) is 4.19. The van der Waals surface area contributed by atoms with E-state index in [4.69, 9.17) is 15.0 Å². The Labute approximate surface area is 146 Å². The van der Waals surface area contributed by atoms with Gasteiger partial charge in [0.25, 0.3) is 0 Å². The molecule has 1 aromatic carbocycles. The predicted molar refractivity (Wildman–Crippen MR) is 93.8 cm³/mol.